The van der Waals surface area contributed by atoms with Crippen LogP contribution < -0.4 is 16.6 Å². The third-order valence-corrected chi connectivity index (χ3v) is 3.59. The van der Waals surface area contributed by atoms with Crippen molar-refractivity contribution >= 4 is 0 Å². The van der Waals surface area contributed by atoms with Crippen molar-refractivity contribution in [3.63, 3.8) is 0 Å². The Morgan fingerprint density at radius 2 is 2.05 bits per heavy atom. The summed E-state index contributed by atoms with van der Waals surface area (Å²) in [6, 6.07) is 1.90. The van der Waals surface area contributed by atoms with Gasteiger partial charge in [-0.15, -0.1) is 0 Å². The van der Waals surface area contributed by atoms with Crippen molar-refractivity contribution in [2.75, 3.05) is 19.8 Å². The lowest BCUT2D eigenvalue weighted by Crippen LogP contribution is -2.43. The van der Waals surface area contributed by atoms with E-state index in [1.165, 1.54) is 10.6 Å². The molecule has 0 amide bonds. The van der Waals surface area contributed by atoms with E-state index in [9.17, 15) is 9.59 Å². The van der Waals surface area contributed by atoms with Crippen LogP contribution >= 0.6 is 0 Å². The molecule has 6 heteroatoms. The highest BCUT2D eigenvalue weighted by molar-refractivity contribution is 4.86. The Hall–Kier alpha value is -1.40. The minimum Gasteiger partial charge on any atom is -0.381 e. The van der Waals surface area contributed by atoms with E-state index in [1.807, 2.05) is 6.92 Å². The molecule has 2 heterocycles. The predicted molar refractivity (Wildman–Crippen MR) is 77.1 cm³/mol. The first-order chi connectivity index (χ1) is 9.72. The second-order valence-corrected chi connectivity index (χ2v) is 5.12. The molecule has 2 rings (SSSR count). The van der Waals surface area contributed by atoms with Crippen LogP contribution in [0.3, 0.4) is 0 Å². The maximum atomic E-state index is 12.1. The van der Waals surface area contributed by atoms with E-state index in [-0.39, 0.29) is 11.2 Å². The van der Waals surface area contributed by atoms with Crippen molar-refractivity contribution in [2.45, 2.75) is 45.3 Å². The van der Waals surface area contributed by atoms with Gasteiger partial charge >= 0.3 is 5.69 Å². The van der Waals surface area contributed by atoms with Gasteiger partial charge in [-0.05, 0) is 19.3 Å². The summed E-state index contributed by atoms with van der Waals surface area (Å²) in [7, 11) is 0. The first kappa shape index (κ1) is 15.0. The zero-order valence-corrected chi connectivity index (χ0v) is 12.0. The van der Waals surface area contributed by atoms with Crippen LogP contribution in [-0.2, 0) is 17.8 Å². The number of rotatable bonds is 6. The molecule has 1 aromatic heterocycles. The third kappa shape index (κ3) is 3.80. The number of hydrogen-bond acceptors (Lipinski definition) is 4. The Morgan fingerprint density at radius 1 is 1.30 bits per heavy atom. The van der Waals surface area contributed by atoms with Gasteiger partial charge in [0.05, 0.1) is 0 Å². The molecule has 20 heavy (non-hydrogen) atoms. The third-order valence-electron chi connectivity index (χ3n) is 3.59. The van der Waals surface area contributed by atoms with E-state index in [0.717, 1.165) is 32.5 Å². The number of ether oxygens (including phenoxy) is 1. The van der Waals surface area contributed by atoms with E-state index >= 15 is 0 Å². The molecule has 0 bridgehead atoms. The molecule has 0 spiro atoms. The van der Waals surface area contributed by atoms with E-state index in [2.05, 4.69) is 5.32 Å². The summed E-state index contributed by atoms with van der Waals surface area (Å²) in [5.41, 5.74) is -0.441. The summed E-state index contributed by atoms with van der Waals surface area (Å²) in [6.07, 6.45) is 4.43. The highest BCUT2D eigenvalue weighted by Crippen LogP contribution is 2.05. The van der Waals surface area contributed by atoms with Gasteiger partial charge in [0.15, 0.2) is 0 Å². The fraction of sp³-hybridized carbons (Fsp3) is 0.714. The largest absolute Gasteiger partial charge is 0.381 e. The first-order valence-corrected chi connectivity index (χ1v) is 7.33. The Bertz CT molecular complexity index is 529. The molecule has 6 nitrogen and oxygen atoms in total. The molecule has 0 saturated carbocycles. The SMILES string of the molecule is CCCn1ccc(=O)n(CCNC2CCOCC2)c1=O. The first-order valence-electron chi connectivity index (χ1n) is 7.33. The summed E-state index contributed by atoms with van der Waals surface area (Å²) >= 11 is 0. The monoisotopic (exact) mass is 281 g/mol. The summed E-state index contributed by atoms with van der Waals surface area (Å²) in [4.78, 5) is 23.9. The number of nitrogens with one attached hydrogen (secondary N) is 1. The van der Waals surface area contributed by atoms with Crippen molar-refractivity contribution < 1.29 is 4.74 Å². The Labute approximate surface area is 118 Å². The average molecular weight is 281 g/mol. The van der Waals surface area contributed by atoms with Gasteiger partial charge in [-0.25, -0.2) is 4.79 Å². The van der Waals surface area contributed by atoms with Crippen LogP contribution in [0.15, 0.2) is 21.9 Å². The van der Waals surface area contributed by atoms with E-state index in [1.54, 1.807) is 10.8 Å². The zero-order valence-electron chi connectivity index (χ0n) is 12.0. The number of aromatic nitrogens is 2. The van der Waals surface area contributed by atoms with Crippen LogP contribution in [-0.4, -0.2) is 34.9 Å². The molecule has 0 atom stereocenters. The van der Waals surface area contributed by atoms with Crippen LogP contribution in [0.4, 0.5) is 0 Å². The molecule has 1 aromatic rings. The fourth-order valence-electron chi connectivity index (χ4n) is 2.46. The van der Waals surface area contributed by atoms with E-state index in [0.29, 0.717) is 25.7 Å². The van der Waals surface area contributed by atoms with Crippen LogP contribution in [0.25, 0.3) is 0 Å². The molecule has 0 unspecified atom stereocenters. The molecule has 1 aliphatic rings. The fourth-order valence-corrected chi connectivity index (χ4v) is 2.46. The van der Waals surface area contributed by atoms with Crippen LogP contribution in [0.1, 0.15) is 26.2 Å². The lowest BCUT2D eigenvalue weighted by atomic mass is 10.1. The number of aryl methyl sites for hydroxylation is 1. The van der Waals surface area contributed by atoms with Crippen molar-refractivity contribution in [3.05, 3.63) is 33.1 Å². The van der Waals surface area contributed by atoms with Crippen LogP contribution in [0.5, 0.6) is 0 Å². The molecule has 1 N–H and O–H groups in total. The lowest BCUT2D eigenvalue weighted by molar-refractivity contribution is 0.0778. The molecule has 0 aromatic carbocycles. The lowest BCUT2D eigenvalue weighted by Gasteiger charge is -2.23. The van der Waals surface area contributed by atoms with E-state index < -0.39 is 0 Å². The summed E-state index contributed by atoms with van der Waals surface area (Å²) in [6.45, 7) is 5.27. The second kappa shape index (κ2) is 7.40. The minimum absolute atomic E-state index is 0.215. The highest BCUT2D eigenvalue weighted by atomic mass is 16.5. The zero-order chi connectivity index (χ0) is 14.4. The van der Waals surface area contributed by atoms with Gasteiger partial charge in [0.25, 0.3) is 5.56 Å². The molecule has 1 fully saturated rings. The maximum absolute atomic E-state index is 12.1. The van der Waals surface area contributed by atoms with Crippen molar-refractivity contribution in [1.29, 1.82) is 0 Å². The predicted octanol–water partition coefficient (Wildman–Crippen LogP) is 0.189. The molecule has 1 saturated heterocycles. The molecule has 1 aliphatic heterocycles. The quantitative estimate of drug-likeness (QED) is 0.808. The standard InChI is InChI=1S/C14H23N3O3/c1-2-7-16-8-3-13(18)17(14(16)19)9-6-15-12-4-10-20-11-5-12/h3,8,12,15H,2,4-7,9-11H2,1H3. The van der Waals surface area contributed by atoms with Crippen molar-refractivity contribution in [2.24, 2.45) is 0 Å². The van der Waals surface area contributed by atoms with Crippen molar-refractivity contribution in [3.8, 4) is 0 Å². The minimum atomic E-state index is -0.226. The van der Waals surface area contributed by atoms with Gasteiger partial charge < -0.3 is 14.6 Å². The van der Waals surface area contributed by atoms with E-state index in [4.69, 9.17) is 4.74 Å². The smallest absolute Gasteiger partial charge is 0.331 e. The second-order valence-electron chi connectivity index (χ2n) is 5.12. The van der Waals surface area contributed by atoms with Crippen LogP contribution in [0, 0.1) is 0 Å². The summed E-state index contributed by atoms with van der Waals surface area (Å²) in [5, 5.41) is 3.39. The number of hydrogen-bond donors (Lipinski definition) is 1. The number of nitrogens with zero attached hydrogens (tertiary/aromatic N) is 2. The van der Waals surface area contributed by atoms with Gasteiger partial charge in [-0.3, -0.25) is 9.36 Å². The molecular formula is C14H23N3O3. The summed E-state index contributed by atoms with van der Waals surface area (Å²) < 4.78 is 8.20. The highest BCUT2D eigenvalue weighted by Gasteiger charge is 2.13. The normalized spacial score (nSPS) is 16.4. The summed E-state index contributed by atoms with van der Waals surface area (Å²) in [5.74, 6) is 0. The van der Waals surface area contributed by atoms with Gasteiger partial charge in [0, 0.05) is 51.2 Å². The molecule has 0 aliphatic carbocycles. The Morgan fingerprint density at radius 3 is 2.75 bits per heavy atom. The average Bonchev–Trinajstić information content (AvgIpc) is 2.47. The topological polar surface area (TPSA) is 65.3 Å². The molecule has 112 valence electrons. The van der Waals surface area contributed by atoms with Gasteiger partial charge in [0.1, 0.15) is 0 Å². The van der Waals surface area contributed by atoms with Gasteiger partial charge in [-0.1, -0.05) is 6.92 Å². The molecule has 0 radical (unpaired) electrons. The van der Waals surface area contributed by atoms with Crippen LogP contribution in [0.2, 0.25) is 0 Å². The molecular weight excluding hydrogens is 258 g/mol. The Kier molecular flexibility index (Phi) is 5.55. The van der Waals surface area contributed by atoms with Crippen molar-refractivity contribution in [1.82, 2.24) is 14.5 Å². The maximum Gasteiger partial charge on any atom is 0.331 e. The van der Waals surface area contributed by atoms with Gasteiger partial charge in [-0.2, -0.15) is 0 Å². The van der Waals surface area contributed by atoms with Gasteiger partial charge in [0.2, 0.25) is 0 Å². The Balaban J connectivity index is 1.96.